The van der Waals surface area contributed by atoms with E-state index >= 15 is 0 Å². The van der Waals surface area contributed by atoms with E-state index in [-0.39, 0.29) is 0 Å². The van der Waals surface area contributed by atoms with Gasteiger partial charge in [0.25, 0.3) is 0 Å². The molecule has 0 aromatic heterocycles. The number of hydrogen-bond donors (Lipinski definition) is 1. The second-order valence-corrected chi connectivity index (χ2v) is 2.89. The Labute approximate surface area is 85.3 Å². The van der Waals surface area contributed by atoms with Gasteiger partial charge < -0.3 is 10.1 Å². The second kappa shape index (κ2) is 6.06. The van der Waals surface area contributed by atoms with Crippen LogP contribution < -0.4 is 10.1 Å². The fourth-order valence-corrected chi connectivity index (χ4v) is 1.10. The first-order valence-corrected chi connectivity index (χ1v) is 4.62. The van der Waals surface area contributed by atoms with E-state index in [9.17, 15) is 0 Å². The molecule has 2 nitrogen and oxygen atoms in total. The van der Waals surface area contributed by atoms with Crippen LogP contribution in [-0.4, -0.2) is 13.7 Å². The molecule has 0 fully saturated rings. The van der Waals surface area contributed by atoms with Crippen LogP contribution in [0.1, 0.15) is 12.5 Å². The van der Waals surface area contributed by atoms with Crippen molar-refractivity contribution in [3.8, 4) is 17.6 Å². The fraction of sp³-hybridized carbons (Fsp3) is 0.333. The van der Waals surface area contributed by atoms with Gasteiger partial charge in [0, 0.05) is 6.54 Å². The minimum absolute atomic E-state index is 0.460. The van der Waals surface area contributed by atoms with Gasteiger partial charge in [-0.25, -0.2) is 0 Å². The molecule has 1 aromatic carbocycles. The highest BCUT2D eigenvalue weighted by molar-refractivity contribution is 5.27. The van der Waals surface area contributed by atoms with Gasteiger partial charge in [-0.1, -0.05) is 18.1 Å². The van der Waals surface area contributed by atoms with Crippen molar-refractivity contribution in [2.75, 3.05) is 13.7 Å². The van der Waals surface area contributed by atoms with E-state index in [0.717, 1.165) is 12.3 Å². The zero-order valence-electron chi connectivity index (χ0n) is 8.63. The summed E-state index contributed by atoms with van der Waals surface area (Å²) >= 11 is 0. The number of ether oxygens (including phenoxy) is 1. The fourth-order valence-electron chi connectivity index (χ4n) is 1.10. The predicted octanol–water partition coefficient (Wildman–Crippen LogP) is 1.81. The lowest BCUT2D eigenvalue weighted by atomic mass is 10.2. The molecular formula is C12H15NO. The van der Waals surface area contributed by atoms with Gasteiger partial charge >= 0.3 is 0 Å². The Balaban J connectivity index is 2.49. The molecule has 0 spiro atoms. The Bertz CT molecular complexity index is 318. The third-order valence-electron chi connectivity index (χ3n) is 1.79. The minimum Gasteiger partial charge on any atom is -0.481 e. The van der Waals surface area contributed by atoms with E-state index in [2.05, 4.69) is 17.2 Å². The van der Waals surface area contributed by atoms with Crippen LogP contribution >= 0.6 is 0 Å². The van der Waals surface area contributed by atoms with Crippen molar-refractivity contribution in [2.45, 2.75) is 13.5 Å². The molecule has 0 atom stereocenters. The van der Waals surface area contributed by atoms with Crippen LogP contribution in [0.2, 0.25) is 0 Å². The summed E-state index contributed by atoms with van der Waals surface area (Å²) < 4.78 is 5.39. The first-order valence-electron chi connectivity index (χ1n) is 4.62. The van der Waals surface area contributed by atoms with E-state index in [1.807, 2.05) is 31.3 Å². The molecule has 0 unspecified atom stereocenters. The average molecular weight is 189 g/mol. The van der Waals surface area contributed by atoms with Crippen LogP contribution in [0.15, 0.2) is 24.3 Å². The van der Waals surface area contributed by atoms with Crippen molar-refractivity contribution in [1.29, 1.82) is 0 Å². The van der Waals surface area contributed by atoms with Crippen molar-refractivity contribution >= 4 is 0 Å². The Morgan fingerprint density at radius 2 is 2.00 bits per heavy atom. The summed E-state index contributed by atoms with van der Waals surface area (Å²) in [6.07, 6.45) is 0. The summed E-state index contributed by atoms with van der Waals surface area (Å²) in [5.74, 6) is 6.50. The van der Waals surface area contributed by atoms with Crippen LogP contribution in [0.4, 0.5) is 0 Å². The zero-order chi connectivity index (χ0) is 10.2. The maximum atomic E-state index is 5.39. The highest BCUT2D eigenvalue weighted by Crippen LogP contribution is 2.11. The van der Waals surface area contributed by atoms with Crippen LogP contribution in [-0.2, 0) is 6.54 Å². The zero-order valence-corrected chi connectivity index (χ0v) is 8.63. The molecule has 0 saturated heterocycles. The predicted molar refractivity (Wildman–Crippen MR) is 58.2 cm³/mol. The molecule has 0 aliphatic carbocycles. The van der Waals surface area contributed by atoms with Gasteiger partial charge in [0.2, 0.25) is 0 Å². The topological polar surface area (TPSA) is 21.3 Å². The third kappa shape index (κ3) is 3.51. The summed E-state index contributed by atoms with van der Waals surface area (Å²) in [6.45, 7) is 3.15. The molecule has 0 aliphatic rings. The molecule has 0 aliphatic heterocycles. The molecule has 0 radical (unpaired) electrons. The molecule has 1 N–H and O–H groups in total. The number of benzene rings is 1. The standard InChI is InChI=1S/C12H15NO/c1-3-4-9-14-12-7-5-11(6-8-12)10-13-2/h5-8,13H,9-10H2,1-2H3. The lowest BCUT2D eigenvalue weighted by Crippen LogP contribution is -2.04. The maximum absolute atomic E-state index is 5.39. The van der Waals surface area contributed by atoms with Crippen molar-refractivity contribution in [2.24, 2.45) is 0 Å². The van der Waals surface area contributed by atoms with Crippen molar-refractivity contribution in [3.05, 3.63) is 29.8 Å². The molecule has 0 saturated carbocycles. The molecule has 0 bridgehead atoms. The number of hydrogen-bond acceptors (Lipinski definition) is 2. The van der Waals surface area contributed by atoms with Crippen molar-refractivity contribution in [1.82, 2.24) is 5.32 Å². The summed E-state index contributed by atoms with van der Waals surface area (Å²) in [5, 5.41) is 3.09. The quantitative estimate of drug-likeness (QED) is 0.729. The average Bonchev–Trinajstić information content (AvgIpc) is 2.21. The van der Waals surface area contributed by atoms with Crippen LogP contribution in [0.25, 0.3) is 0 Å². The maximum Gasteiger partial charge on any atom is 0.149 e. The highest BCUT2D eigenvalue weighted by atomic mass is 16.5. The number of rotatable bonds is 4. The Morgan fingerprint density at radius 1 is 1.29 bits per heavy atom. The first kappa shape index (κ1) is 10.6. The smallest absolute Gasteiger partial charge is 0.149 e. The highest BCUT2D eigenvalue weighted by Gasteiger charge is 1.92. The monoisotopic (exact) mass is 189 g/mol. The summed E-state index contributed by atoms with van der Waals surface area (Å²) in [6, 6.07) is 8.02. The molecule has 0 amide bonds. The Kier molecular flexibility index (Phi) is 4.60. The largest absolute Gasteiger partial charge is 0.481 e. The Morgan fingerprint density at radius 3 is 2.57 bits per heavy atom. The van der Waals surface area contributed by atoms with E-state index in [1.165, 1.54) is 5.56 Å². The van der Waals surface area contributed by atoms with E-state index in [4.69, 9.17) is 4.74 Å². The van der Waals surface area contributed by atoms with Gasteiger partial charge in [0.1, 0.15) is 12.4 Å². The molecule has 1 aromatic rings. The molecule has 74 valence electrons. The third-order valence-corrected chi connectivity index (χ3v) is 1.79. The van der Waals surface area contributed by atoms with Gasteiger partial charge in [-0.2, -0.15) is 0 Å². The molecule has 1 rings (SSSR count). The molecular weight excluding hydrogens is 174 g/mol. The van der Waals surface area contributed by atoms with Gasteiger partial charge in [-0.3, -0.25) is 0 Å². The van der Waals surface area contributed by atoms with E-state index in [1.54, 1.807) is 6.92 Å². The minimum atomic E-state index is 0.460. The summed E-state index contributed by atoms with van der Waals surface area (Å²) in [5.41, 5.74) is 1.25. The first-order chi connectivity index (χ1) is 6.86. The molecule has 2 heteroatoms. The van der Waals surface area contributed by atoms with Crippen LogP contribution in [0, 0.1) is 11.8 Å². The van der Waals surface area contributed by atoms with Crippen molar-refractivity contribution < 1.29 is 4.74 Å². The van der Waals surface area contributed by atoms with E-state index in [0.29, 0.717) is 6.61 Å². The second-order valence-electron chi connectivity index (χ2n) is 2.89. The lowest BCUT2D eigenvalue weighted by molar-refractivity contribution is 0.370. The normalized spacial score (nSPS) is 9.00. The molecule has 0 heterocycles. The van der Waals surface area contributed by atoms with Gasteiger partial charge in [-0.15, -0.1) is 5.92 Å². The van der Waals surface area contributed by atoms with E-state index < -0.39 is 0 Å². The van der Waals surface area contributed by atoms with Gasteiger partial charge in [0.15, 0.2) is 0 Å². The van der Waals surface area contributed by atoms with Crippen LogP contribution in [0.3, 0.4) is 0 Å². The SMILES string of the molecule is CC#CCOc1ccc(CNC)cc1. The summed E-state index contributed by atoms with van der Waals surface area (Å²) in [4.78, 5) is 0. The van der Waals surface area contributed by atoms with Gasteiger partial charge in [0.05, 0.1) is 0 Å². The van der Waals surface area contributed by atoms with Gasteiger partial charge in [-0.05, 0) is 31.7 Å². The molecule has 14 heavy (non-hydrogen) atoms. The summed E-state index contributed by atoms with van der Waals surface area (Å²) in [7, 11) is 1.93. The number of nitrogens with one attached hydrogen (secondary N) is 1. The van der Waals surface area contributed by atoms with Crippen LogP contribution in [0.5, 0.6) is 5.75 Å². The Hall–Kier alpha value is -1.46. The van der Waals surface area contributed by atoms with Crippen molar-refractivity contribution in [3.63, 3.8) is 0 Å². The lowest BCUT2D eigenvalue weighted by Gasteiger charge is -2.03.